The van der Waals surface area contributed by atoms with Crippen LogP contribution >= 0.6 is 23.4 Å². The minimum Gasteiger partial charge on any atom is -0.478 e. The van der Waals surface area contributed by atoms with Crippen LogP contribution in [0.15, 0.2) is 58.4 Å². The zero-order valence-corrected chi connectivity index (χ0v) is 13.8. The van der Waals surface area contributed by atoms with Gasteiger partial charge in [-0.15, -0.1) is 0 Å². The first-order chi connectivity index (χ1) is 11.5. The molecule has 2 aromatic carbocycles. The van der Waals surface area contributed by atoms with Crippen LogP contribution in [0.25, 0.3) is 6.08 Å². The third kappa shape index (κ3) is 3.84. The highest BCUT2D eigenvalue weighted by Crippen LogP contribution is 2.28. The molecule has 1 fully saturated rings. The number of carboxylic acids is 1. The van der Waals surface area contributed by atoms with Crippen molar-refractivity contribution < 1.29 is 14.7 Å². The standard InChI is InChI=1S/C17H11ClN2O3S/c18-12-5-1-10(2-6-12)9-14-15(20-17(23)24-14)19-13-7-3-11(4-8-13)16(21)22/h1-9H,(H,21,22)(H,19,20,23)/b14-9-. The SMILES string of the molecule is O=C1NC(=Nc2ccc(C(=O)O)cc2)/C(=C/c2ccc(Cl)cc2)S1. The highest BCUT2D eigenvalue weighted by Gasteiger charge is 2.23. The Morgan fingerprint density at radius 2 is 1.79 bits per heavy atom. The molecule has 0 aromatic heterocycles. The smallest absolute Gasteiger partial charge is 0.335 e. The average Bonchev–Trinajstić information content (AvgIpc) is 2.89. The second-order valence-electron chi connectivity index (χ2n) is 4.89. The van der Waals surface area contributed by atoms with Crippen molar-refractivity contribution in [2.75, 3.05) is 0 Å². The molecule has 0 aliphatic carbocycles. The molecule has 1 amide bonds. The molecule has 0 bridgehead atoms. The Balaban J connectivity index is 1.91. The molecule has 2 aromatic rings. The zero-order chi connectivity index (χ0) is 17.1. The Labute approximate surface area is 147 Å². The summed E-state index contributed by atoms with van der Waals surface area (Å²) in [6.07, 6.45) is 1.84. The number of halogens is 1. The van der Waals surface area contributed by atoms with Crippen molar-refractivity contribution in [1.29, 1.82) is 0 Å². The predicted molar refractivity (Wildman–Crippen MR) is 96.0 cm³/mol. The predicted octanol–water partition coefficient (Wildman–Crippen LogP) is 4.57. The van der Waals surface area contributed by atoms with Crippen LogP contribution in [0.4, 0.5) is 10.5 Å². The first kappa shape index (κ1) is 16.3. The van der Waals surface area contributed by atoms with Gasteiger partial charge in [0.2, 0.25) is 0 Å². The van der Waals surface area contributed by atoms with Gasteiger partial charge in [-0.05, 0) is 59.8 Å². The minimum absolute atomic E-state index is 0.181. The molecule has 120 valence electrons. The lowest BCUT2D eigenvalue weighted by Gasteiger charge is -2.01. The molecule has 3 rings (SSSR count). The molecule has 0 saturated carbocycles. The zero-order valence-electron chi connectivity index (χ0n) is 12.2. The summed E-state index contributed by atoms with van der Waals surface area (Å²) >= 11 is 6.92. The lowest BCUT2D eigenvalue weighted by Crippen LogP contribution is -2.18. The number of nitrogens with zero attached hydrogens (tertiary/aromatic N) is 1. The molecule has 0 radical (unpaired) electrons. The number of amidine groups is 1. The van der Waals surface area contributed by atoms with Crippen LogP contribution in [0, 0.1) is 0 Å². The number of thioether (sulfide) groups is 1. The summed E-state index contributed by atoms with van der Waals surface area (Å²) in [5, 5.41) is 12.0. The van der Waals surface area contributed by atoms with Crippen LogP contribution in [-0.2, 0) is 0 Å². The van der Waals surface area contributed by atoms with Gasteiger partial charge in [0.05, 0.1) is 16.2 Å². The van der Waals surface area contributed by atoms with Crippen molar-refractivity contribution in [1.82, 2.24) is 5.32 Å². The topological polar surface area (TPSA) is 78.8 Å². The molecule has 24 heavy (non-hydrogen) atoms. The first-order valence-corrected chi connectivity index (χ1v) is 8.09. The van der Waals surface area contributed by atoms with E-state index in [9.17, 15) is 9.59 Å². The van der Waals surface area contributed by atoms with Crippen molar-refractivity contribution >= 4 is 52.2 Å². The number of nitrogens with one attached hydrogen (secondary N) is 1. The molecule has 0 atom stereocenters. The van der Waals surface area contributed by atoms with E-state index >= 15 is 0 Å². The van der Waals surface area contributed by atoms with E-state index in [1.807, 2.05) is 18.2 Å². The molecule has 1 heterocycles. The molecule has 2 N–H and O–H groups in total. The number of aliphatic imine (C=N–C) groups is 1. The third-order valence-electron chi connectivity index (χ3n) is 3.18. The Morgan fingerprint density at radius 3 is 2.42 bits per heavy atom. The fraction of sp³-hybridized carbons (Fsp3) is 0. The normalized spacial score (nSPS) is 17.3. The summed E-state index contributed by atoms with van der Waals surface area (Å²) in [6.45, 7) is 0. The summed E-state index contributed by atoms with van der Waals surface area (Å²) in [7, 11) is 0. The van der Waals surface area contributed by atoms with Gasteiger partial charge in [0, 0.05) is 5.02 Å². The maximum Gasteiger partial charge on any atom is 0.335 e. The molecule has 0 unspecified atom stereocenters. The highest BCUT2D eigenvalue weighted by molar-refractivity contribution is 8.18. The first-order valence-electron chi connectivity index (χ1n) is 6.90. The molecular weight excluding hydrogens is 348 g/mol. The molecule has 1 aliphatic heterocycles. The van der Waals surface area contributed by atoms with Gasteiger partial charge >= 0.3 is 5.97 Å². The highest BCUT2D eigenvalue weighted by atomic mass is 35.5. The van der Waals surface area contributed by atoms with E-state index in [0.29, 0.717) is 21.5 Å². The van der Waals surface area contributed by atoms with Crippen molar-refractivity contribution in [3.63, 3.8) is 0 Å². The second kappa shape index (κ2) is 6.90. The fourth-order valence-corrected chi connectivity index (χ4v) is 2.89. The van der Waals surface area contributed by atoms with Crippen molar-refractivity contribution in [3.05, 3.63) is 69.6 Å². The molecule has 0 spiro atoms. The van der Waals surface area contributed by atoms with Crippen molar-refractivity contribution in [2.24, 2.45) is 4.99 Å². The lowest BCUT2D eigenvalue weighted by atomic mass is 10.2. The van der Waals surface area contributed by atoms with Gasteiger partial charge in [0.15, 0.2) is 0 Å². The lowest BCUT2D eigenvalue weighted by molar-refractivity contribution is 0.0697. The average molecular weight is 359 g/mol. The summed E-state index contributed by atoms with van der Waals surface area (Å²) in [5.74, 6) is -0.565. The summed E-state index contributed by atoms with van der Waals surface area (Å²) in [5.41, 5.74) is 1.63. The second-order valence-corrected chi connectivity index (χ2v) is 6.34. The number of rotatable bonds is 3. The fourth-order valence-electron chi connectivity index (χ4n) is 2.03. The number of carbonyl (C=O) groups is 2. The summed E-state index contributed by atoms with van der Waals surface area (Å²) < 4.78 is 0. The van der Waals surface area contributed by atoms with E-state index in [0.717, 1.165) is 17.3 Å². The van der Waals surface area contributed by atoms with Crippen LogP contribution in [0.3, 0.4) is 0 Å². The van der Waals surface area contributed by atoms with Crippen LogP contribution in [0.5, 0.6) is 0 Å². The van der Waals surface area contributed by atoms with E-state index in [2.05, 4.69) is 10.3 Å². The maximum atomic E-state index is 11.7. The Morgan fingerprint density at radius 1 is 1.12 bits per heavy atom. The number of hydrogen-bond donors (Lipinski definition) is 2. The summed E-state index contributed by atoms with van der Waals surface area (Å²) in [6, 6.07) is 13.3. The van der Waals surface area contributed by atoms with E-state index < -0.39 is 5.97 Å². The van der Waals surface area contributed by atoms with Crippen molar-refractivity contribution in [2.45, 2.75) is 0 Å². The van der Waals surface area contributed by atoms with E-state index in [1.165, 1.54) is 12.1 Å². The summed E-state index contributed by atoms with van der Waals surface area (Å²) in [4.78, 5) is 27.6. The van der Waals surface area contributed by atoms with E-state index in [4.69, 9.17) is 16.7 Å². The molecular formula is C17H11ClN2O3S. The Bertz CT molecular complexity index is 858. The van der Waals surface area contributed by atoms with Gasteiger partial charge in [-0.2, -0.15) is 0 Å². The maximum absolute atomic E-state index is 11.7. The van der Waals surface area contributed by atoms with Gasteiger partial charge in [0.25, 0.3) is 5.24 Å². The van der Waals surface area contributed by atoms with E-state index in [1.54, 1.807) is 24.3 Å². The van der Waals surface area contributed by atoms with E-state index in [-0.39, 0.29) is 10.8 Å². The Hall–Kier alpha value is -2.57. The number of hydrogen-bond acceptors (Lipinski definition) is 4. The minimum atomic E-state index is -0.998. The van der Waals surface area contributed by atoms with Crippen LogP contribution in [0.1, 0.15) is 15.9 Å². The molecule has 1 saturated heterocycles. The number of carboxylic acid groups (broad SMARTS) is 1. The van der Waals surface area contributed by atoms with Gasteiger partial charge in [-0.25, -0.2) is 9.79 Å². The molecule has 5 nitrogen and oxygen atoms in total. The van der Waals surface area contributed by atoms with Crippen LogP contribution in [0.2, 0.25) is 5.02 Å². The van der Waals surface area contributed by atoms with Gasteiger partial charge in [-0.1, -0.05) is 23.7 Å². The third-order valence-corrected chi connectivity index (χ3v) is 4.25. The van der Waals surface area contributed by atoms with Crippen molar-refractivity contribution in [3.8, 4) is 0 Å². The largest absolute Gasteiger partial charge is 0.478 e. The van der Waals surface area contributed by atoms with Crippen LogP contribution in [-0.4, -0.2) is 22.2 Å². The quantitative estimate of drug-likeness (QED) is 0.842. The number of benzene rings is 2. The number of amides is 1. The Kier molecular flexibility index (Phi) is 4.69. The monoisotopic (exact) mass is 358 g/mol. The molecule has 1 aliphatic rings. The van der Waals surface area contributed by atoms with Gasteiger partial charge in [0.1, 0.15) is 5.84 Å². The van der Waals surface area contributed by atoms with Gasteiger partial charge < -0.3 is 10.4 Å². The number of carbonyl (C=O) groups excluding carboxylic acids is 1. The van der Waals surface area contributed by atoms with Gasteiger partial charge in [-0.3, -0.25) is 4.79 Å². The number of aromatic carboxylic acids is 1. The molecule has 7 heteroatoms. The van der Waals surface area contributed by atoms with Crippen LogP contribution < -0.4 is 5.32 Å².